The predicted molar refractivity (Wildman–Crippen MR) is 91.5 cm³/mol. The Labute approximate surface area is 141 Å². The summed E-state index contributed by atoms with van der Waals surface area (Å²) in [4.78, 5) is 0. The summed E-state index contributed by atoms with van der Waals surface area (Å²) in [6, 6.07) is 10.6. The van der Waals surface area contributed by atoms with Crippen molar-refractivity contribution in [1.29, 1.82) is 0 Å². The fourth-order valence-corrected chi connectivity index (χ4v) is 2.51. The normalized spacial score (nSPS) is 13.8. The van der Waals surface area contributed by atoms with Gasteiger partial charge in [0.1, 0.15) is 0 Å². The fraction of sp³-hybridized carbons (Fsp3) is 0.389. The SMILES string of the molecule is Cc1cnn([C@H](C)[C@@H](C)NCc2nnc(Cc3ccccc3)o2)c1. The Balaban J connectivity index is 1.53. The Morgan fingerprint density at radius 2 is 1.88 bits per heavy atom. The molecule has 2 atom stereocenters. The Bertz CT molecular complexity index is 765. The van der Waals surface area contributed by atoms with E-state index in [1.54, 1.807) is 0 Å². The summed E-state index contributed by atoms with van der Waals surface area (Å²) in [6.07, 6.45) is 4.58. The molecule has 0 radical (unpaired) electrons. The van der Waals surface area contributed by atoms with E-state index in [-0.39, 0.29) is 12.1 Å². The second-order valence-electron chi connectivity index (χ2n) is 6.16. The van der Waals surface area contributed by atoms with E-state index in [4.69, 9.17) is 4.42 Å². The third-order valence-corrected chi connectivity index (χ3v) is 4.15. The molecule has 0 aliphatic heterocycles. The standard InChI is InChI=1S/C18H23N5O/c1-13-10-20-23(12-13)15(3)14(2)19-11-18-22-21-17(24-18)9-16-7-5-4-6-8-16/h4-8,10,12,14-15,19H,9,11H2,1-3H3/t14-,15-/m1/s1. The van der Waals surface area contributed by atoms with Gasteiger partial charge < -0.3 is 9.73 Å². The monoisotopic (exact) mass is 325 g/mol. The van der Waals surface area contributed by atoms with Crippen LogP contribution in [0.5, 0.6) is 0 Å². The minimum atomic E-state index is 0.230. The van der Waals surface area contributed by atoms with Crippen LogP contribution in [0.1, 0.15) is 42.8 Å². The molecule has 2 aromatic heterocycles. The number of benzene rings is 1. The van der Waals surface area contributed by atoms with Crippen LogP contribution >= 0.6 is 0 Å². The molecule has 0 bridgehead atoms. The highest BCUT2D eigenvalue weighted by Gasteiger charge is 2.15. The van der Waals surface area contributed by atoms with Crippen molar-refractivity contribution in [2.45, 2.75) is 45.8 Å². The lowest BCUT2D eigenvalue weighted by Crippen LogP contribution is -2.33. The Kier molecular flexibility index (Phi) is 5.05. The molecular weight excluding hydrogens is 302 g/mol. The number of nitrogens with one attached hydrogen (secondary N) is 1. The molecule has 0 fully saturated rings. The lowest BCUT2D eigenvalue weighted by molar-refractivity contribution is 0.344. The first-order chi connectivity index (χ1) is 11.6. The van der Waals surface area contributed by atoms with Crippen LogP contribution in [0.15, 0.2) is 47.1 Å². The van der Waals surface area contributed by atoms with Crippen LogP contribution in [-0.4, -0.2) is 26.0 Å². The molecule has 0 spiro atoms. The van der Waals surface area contributed by atoms with Gasteiger partial charge in [-0.3, -0.25) is 4.68 Å². The van der Waals surface area contributed by atoms with Crippen LogP contribution in [-0.2, 0) is 13.0 Å². The lowest BCUT2D eigenvalue weighted by Gasteiger charge is -2.21. The molecule has 126 valence electrons. The van der Waals surface area contributed by atoms with E-state index in [0.29, 0.717) is 24.7 Å². The summed E-state index contributed by atoms with van der Waals surface area (Å²) in [5.41, 5.74) is 2.33. The predicted octanol–water partition coefficient (Wildman–Crippen LogP) is 2.90. The smallest absolute Gasteiger partial charge is 0.230 e. The molecule has 0 aliphatic rings. The van der Waals surface area contributed by atoms with Gasteiger partial charge in [0, 0.05) is 12.2 Å². The molecule has 3 rings (SSSR count). The van der Waals surface area contributed by atoms with Gasteiger partial charge in [-0.25, -0.2) is 0 Å². The molecule has 0 saturated heterocycles. The lowest BCUT2D eigenvalue weighted by atomic mass is 10.1. The summed E-state index contributed by atoms with van der Waals surface area (Å²) in [6.45, 7) is 6.86. The van der Waals surface area contributed by atoms with E-state index < -0.39 is 0 Å². The molecule has 6 nitrogen and oxygen atoms in total. The van der Waals surface area contributed by atoms with Crippen LogP contribution in [0.25, 0.3) is 0 Å². The van der Waals surface area contributed by atoms with Gasteiger partial charge in [0.15, 0.2) is 0 Å². The van der Waals surface area contributed by atoms with E-state index >= 15 is 0 Å². The molecule has 0 aliphatic carbocycles. The summed E-state index contributed by atoms with van der Waals surface area (Å²) < 4.78 is 7.69. The molecule has 0 saturated carbocycles. The molecule has 6 heteroatoms. The third kappa shape index (κ3) is 4.08. The van der Waals surface area contributed by atoms with Crippen molar-refractivity contribution in [2.75, 3.05) is 0 Å². The van der Waals surface area contributed by atoms with Gasteiger partial charge in [-0.2, -0.15) is 5.10 Å². The van der Waals surface area contributed by atoms with E-state index in [1.807, 2.05) is 42.2 Å². The summed E-state index contributed by atoms with van der Waals surface area (Å²) >= 11 is 0. The Morgan fingerprint density at radius 3 is 2.58 bits per heavy atom. The average molecular weight is 325 g/mol. The first-order valence-electron chi connectivity index (χ1n) is 8.21. The summed E-state index contributed by atoms with van der Waals surface area (Å²) in [5, 5.41) is 16.0. The van der Waals surface area contributed by atoms with Crippen molar-refractivity contribution in [1.82, 2.24) is 25.3 Å². The van der Waals surface area contributed by atoms with E-state index in [9.17, 15) is 0 Å². The molecule has 2 heterocycles. The molecular formula is C18H23N5O. The van der Waals surface area contributed by atoms with Crippen LogP contribution in [0, 0.1) is 6.92 Å². The van der Waals surface area contributed by atoms with Crippen molar-refractivity contribution in [3.63, 3.8) is 0 Å². The maximum Gasteiger partial charge on any atom is 0.230 e. The van der Waals surface area contributed by atoms with Gasteiger partial charge in [-0.05, 0) is 31.9 Å². The van der Waals surface area contributed by atoms with Gasteiger partial charge >= 0.3 is 0 Å². The van der Waals surface area contributed by atoms with E-state index in [1.165, 1.54) is 0 Å². The highest BCUT2D eigenvalue weighted by atomic mass is 16.4. The van der Waals surface area contributed by atoms with E-state index in [2.05, 4.69) is 46.6 Å². The summed E-state index contributed by atoms with van der Waals surface area (Å²) in [7, 11) is 0. The van der Waals surface area contributed by atoms with Crippen LogP contribution < -0.4 is 5.32 Å². The van der Waals surface area contributed by atoms with Crippen molar-refractivity contribution < 1.29 is 4.42 Å². The number of hydrogen-bond acceptors (Lipinski definition) is 5. The minimum Gasteiger partial charge on any atom is -0.424 e. The van der Waals surface area contributed by atoms with Crippen molar-refractivity contribution in [3.8, 4) is 0 Å². The zero-order valence-corrected chi connectivity index (χ0v) is 14.3. The van der Waals surface area contributed by atoms with E-state index in [0.717, 1.165) is 11.1 Å². The minimum absolute atomic E-state index is 0.230. The zero-order chi connectivity index (χ0) is 16.9. The van der Waals surface area contributed by atoms with Crippen molar-refractivity contribution in [3.05, 3.63) is 65.6 Å². The van der Waals surface area contributed by atoms with Crippen LogP contribution in [0.2, 0.25) is 0 Å². The maximum absolute atomic E-state index is 5.72. The summed E-state index contributed by atoms with van der Waals surface area (Å²) in [5.74, 6) is 1.25. The molecule has 3 aromatic rings. The second-order valence-corrected chi connectivity index (χ2v) is 6.16. The number of hydrogen-bond donors (Lipinski definition) is 1. The van der Waals surface area contributed by atoms with Gasteiger partial charge in [0.2, 0.25) is 11.8 Å². The van der Waals surface area contributed by atoms with Gasteiger partial charge in [0.05, 0.1) is 25.2 Å². The molecule has 0 amide bonds. The number of aromatic nitrogens is 4. The Morgan fingerprint density at radius 1 is 1.12 bits per heavy atom. The number of aryl methyl sites for hydroxylation is 1. The molecule has 1 aromatic carbocycles. The first-order valence-corrected chi connectivity index (χ1v) is 8.21. The number of rotatable bonds is 7. The molecule has 0 unspecified atom stereocenters. The molecule has 24 heavy (non-hydrogen) atoms. The highest BCUT2D eigenvalue weighted by Crippen LogP contribution is 2.12. The maximum atomic E-state index is 5.72. The Hall–Kier alpha value is -2.47. The quantitative estimate of drug-likeness (QED) is 0.723. The first kappa shape index (κ1) is 16.4. The van der Waals surface area contributed by atoms with Crippen molar-refractivity contribution in [2.24, 2.45) is 0 Å². The van der Waals surface area contributed by atoms with Crippen molar-refractivity contribution >= 4 is 0 Å². The number of nitrogens with zero attached hydrogens (tertiary/aromatic N) is 4. The average Bonchev–Trinajstić information content (AvgIpc) is 3.22. The fourth-order valence-electron chi connectivity index (χ4n) is 2.51. The van der Waals surface area contributed by atoms with Gasteiger partial charge in [-0.15, -0.1) is 10.2 Å². The second kappa shape index (κ2) is 7.40. The van der Waals surface area contributed by atoms with Crippen LogP contribution in [0.4, 0.5) is 0 Å². The largest absolute Gasteiger partial charge is 0.424 e. The van der Waals surface area contributed by atoms with Gasteiger partial charge in [-0.1, -0.05) is 30.3 Å². The molecule has 1 N–H and O–H groups in total. The van der Waals surface area contributed by atoms with Gasteiger partial charge in [0.25, 0.3) is 0 Å². The highest BCUT2D eigenvalue weighted by molar-refractivity contribution is 5.17. The zero-order valence-electron chi connectivity index (χ0n) is 14.3. The third-order valence-electron chi connectivity index (χ3n) is 4.15. The van der Waals surface area contributed by atoms with Crippen LogP contribution in [0.3, 0.4) is 0 Å². The topological polar surface area (TPSA) is 68.8 Å².